The molecule has 0 unspecified atom stereocenters. The molecule has 2 N–H and O–H groups in total. The van der Waals surface area contributed by atoms with Crippen LogP contribution in [0.25, 0.3) is 11.3 Å². The molecule has 0 fully saturated rings. The van der Waals surface area contributed by atoms with E-state index < -0.39 is 0 Å². The first kappa shape index (κ1) is 14.7. The summed E-state index contributed by atoms with van der Waals surface area (Å²) in [4.78, 5) is 9.18. The number of aryl methyl sites for hydroxylation is 3. The Kier molecular flexibility index (Phi) is 4.19. The molecule has 0 aliphatic carbocycles. The van der Waals surface area contributed by atoms with Crippen molar-refractivity contribution in [3.05, 3.63) is 47.4 Å². The van der Waals surface area contributed by atoms with E-state index in [2.05, 4.69) is 41.2 Å². The van der Waals surface area contributed by atoms with Gasteiger partial charge in [0.2, 0.25) is 0 Å². The minimum absolute atomic E-state index is 0.183. The lowest BCUT2D eigenvalue weighted by Crippen LogP contribution is -2.32. The van der Waals surface area contributed by atoms with Crippen molar-refractivity contribution in [2.24, 2.45) is 5.73 Å². The maximum absolute atomic E-state index is 6.03. The molecule has 0 saturated heterocycles. The van der Waals surface area contributed by atoms with Crippen molar-refractivity contribution < 1.29 is 0 Å². The molecule has 0 spiro atoms. The fourth-order valence-corrected chi connectivity index (χ4v) is 2.05. The number of rotatable bonds is 4. The summed E-state index contributed by atoms with van der Waals surface area (Å²) in [6, 6.07) is 10.5. The molecule has 3 nitrogen and oxygen atoms in total. The molecular weight excluding hydrogens is 246 g/mol. The Morgan fingerprint density at radius 1 is 1.05 bits per heavy atom. The van der Waals surface area contributed by atoms with Crippen molar-refractivity contribution in [3.63, 3.8) is 0 Å². The zero-order valence-corrected chi connectivity index (χ0v) is 12.8. The Morgan fingerprint density at radius 2 is 1.70 bits per heavy atom. The maximum Gasteiger partial charge on any atom is 0.129 e. The van der Waals surface area contributed by atoms with E-state index in [-0.39, 0.29) is 5.54 Å². The molecule has 0 aliphatic heterocycles. The van der Waals surface area contributed by atoms with Gasteiger partial charge in [0, 0.05) is 23.2 Å². The van der Waals surface area contributed by atoms with Crippen LogP contribution in [0.3, 0.4) is 0 Å². The third kappa shape index (κ3) is 4.14. The molecule has 1 aromatic carbocycles. The second-order valence-corrected chi connectivity index (χ2v) is 6.17. The lowest BCUT2D eigenvalue weighted by atomic mass is 10.00. The third-order valence-corrected chi connectivity index (χ3v) is 3.24. The number of benzene rings is 1. The molecule has 0 atom stereocenters. The largest absolute Gasteiger partial charge is 0.326 e. The van der Waals surface area contributed by atoms with Crippen LogP contribution in [0.5, 0.6) is 0 Å². The molecule has 106 valence electrons. The predicted octanol–water partition coefficient (Wildman–Crippen LogP) is 3.43. The van der Waals surface area contributed by atoms with E-state index in [1.807, 2.05) is 26.8 Å². The predicted molar refractivity (Wildman–Crippen MR) is 83.5 cm³/mol. The Hall–Kier alpha value is -1.74. The van der Waals surface area contributed by atoms with Gasteiger partial charge >= 0.3 is 0 Å². The number of hydrogen-bond acceptors (Lipinski definition) is 3. The van der Waals surface area contributed by atoms with Crippen LogP contribution in [0.1, 0.15) is 37.4 Å². The van der Waals surface area contributed by atoms with Crippen molar-refractivity contribution >= 4 is 0 Å². The van der Waals surface area contributed by atoms with Gasteiger partial charge in [0.05, 0.1) is 5.69 Å². The molecular formula is C17H23N3. The van der Waals surface area contributed by atoms with Gasteiger partial charge in [0.25, 0.3) is 0 Å². The zero-order chi connectivity index (χ0) is 14.8. The summed E-state index contributed by atoms with van der Waals surface area (Å²) in [5.41, 5.74) is 10.2. The van der Waals surface area contributed by atoms with Gasteiger partial charge in [0.1, 0.15) is 5.82 Å². The van der Waals surface area contributed by atoms with Crippen LogP contribution in [0.15, 0.2) is 30.3 Å². The maximum atomic E-state index is 6.03. The molecule has 0 saturated carbocycles. The summed E-state index contributed by atoms with van der Waals surface area (Å²) < 4.78 is 0. The molecule has 0 radical (unpaired) electrons. The van der Waals surface area contributed by atoms with Gasteiger partial charge in [-0.15, -0.1) is 0 Å². The van der Waals surface area contributed by atoms with E-state index in [0.717, 1.165) is 35.6 Å². The zero-order valence-electron chi connectivity index (χ0n) is 12.8. The fraction of sp³-hybridized carbons (Fsp3) is 0.412. The van der Waals surface area contributed by atoms with E-state index in [1.165, 1.54) is 5.56 Å². The first-order chi connectivity index (χ1) is 9.33. The smallest absolute Gasteiger partial charge is 0.129 e. The minimum atomic E-state index is -0.183. The van der Waals surface area contributed by atoms with Gasteiger partial charge in [-0.05, 0) is 40.2 Å². The molecule has 1 heterocycles. The normalized spacial score (nSPS) is 11.7. The van der Waals surface area contributed by atoms with Crippen molar-refractivity contribution in [2.75, 3.05) is 0 Å². The van der Waals surface area contributed by atoms with Gasteiger partial charge in [-0.25, -0.2) is 9.97 Å². The highest BCUT2D eigenvalue weighted by Gasteiger charge is 2.12. The van der Waals surface area contributed by atoms with Gasteiger partial charge in [0.15, 0.2) is 0 Å². The van der Waals surface area contributed by atoms with Gasteiger partial charge in [-0.1, -0.05) is 29.8 Å². The van der Waals surface area contributed by atoms with Crippen LogP contribution in [-0.4, -0.2) is 15.5 Å². The van der Waals surface area contributed by atoms with E-state index in [4.69, 9.17) is 5.73 Å². The number of nitrogens with zero attached hydrogens (tertiary/aromatic N) is 2. The molecule has 0 amide bonds. The Labute approximate surface area is 121 Å². The van der Waals surface area contributed by atoms with Gasteiger partial charge < -0.3 is 5.73 Å². The quantitative estimate of drug-likeness (QED) is 0.925. The molecule has 0 aliphatic rings. The monoisotopic (exact) mass is 269 g/mol. The summed E-state index contributed by atoms with van der Waals surface area (Å²) in [7, 11) is 0. The average Bonchev–Trinajstić information content (AvgIpc) is 2.36. The fourth-order valence-electron chi connectivity index (χ4n) is 2.05. The van der Waals surface area contributed by atoms with Crippen molar-refractivity contribution in [2.45, 2.75) is 46.1 Å². The molecule has 1 aromatic heterocycles. The highest BCUT2D eigenvalue weighted by Crippen LogP contribution is 2.19. The molecule has 20 heavy (non-hydrogen) atoms. The minimum Gasteiger partial charge on any atom is -0.326 e. The van der Waals surface area contributed by atoms with Gasteiger partial charge in [-0.3, -0.25) is 0 Å². The van der Waals surface area contributed by atoms with Crippen LogP contribution < -0.4 is 5.73 Å². The van der Waals surface area contributed by atoms with E-state index in [0.29, 0.717) is 0 Å². The first-order valence-electron chi connectivity index (χ1n) is 7.04. The van der Waals surface area contributed by atoms with Crippen molar-refractivity contribution in [3.8, 4) is 11.3 Å². The highest BCUT2D eigenvalue weighted by molar-refractivity contribution is 5.59. The highest BCUT2D eigenvalue weighted by atomic mass is 14.9. The van der Waals surface area contributed by atoms with E-state index in [1.54, 1.807) is 0 Å². The Morgan fingerprint density at radius 3 is 2.30 bits per heavy atom. The van der Waals surface area contributed by atoms with Gasteiger partial charge in [-0.2, -0.15) is 0 Å². The second-order valence-electron chi connectivity index (χ2n) is 6.17. The summed E-state index contributed by atoms with van der Waals surface area (Å²) in [5.74, 6) is 0.874. The summed E-state index contributed by atoms with van der Waals surface area (Å²) in [6.07, 6.45) is 1.69. The second kappa shape index (κ2) is 5.71. The third-order valence-electron chi connectivity index (χ3n) is 3.24. The van der Waals surface area contributed by atoms with Crippen LogP contribution in [-0.2, 0) is 6.42 Å². The van der Waals surface area contributed by atoms with E-state index in [9.17, 15) is 0 Å². The van der Waals surface area contributed by atoms with Crippen LogP contribution >= 0.6 is 0 Å². The SMILES string of the molecule is Cc1ccc(-c2cc(C)nc(CCC(C)(C)N)n2)cc1. The topological polar surface area (TPSA) is 51.8 Å². The van der Waals surface area contributed by atoms with Crippen LogP contribution in [0.2, 0.25) is 0 Å². The van der Waals surface area contributed by atoms with Crippen molar-refractivity contribution in [1.82, 2.24) is 9.97 Å². The Balaban J connectivity index is 2.26. The van der Waals surface area contributed by atoms with Crippen LogP contribution in [0.4, 0.5) is 0 Å². The summed E-state index contributed by atoms with van der Waals surface area (Å²) in [5, 5.41) is 0. The van der Waals surface area contributed by atoms with E-state index >= 15 is 0 Å². The summed E-state index contributed by atoms with van der Waals surface area (Å²) >= 11 is 0. The summed E-state index contributed by atoms with van der Waals surface area (Å²) in [6.45, 7) is 8.16. The first-order valence-corrected chi connectivity index (χ1v) is 7.04. The molecule has 3 heteroatoms. The number of nitrogens with two attached hydrogens (primary N) is 1. The molecule has 2 aromatic rings. The number of aromatic nitrogens is 2. The standard InChI is InChI=1S/C17H23N3/c1-12-5-7-14(8-6-12)15-11-13(2)19-16(20-15)9-10-17(3,4)18/h5-8,11H,9-10,18H2,1-4H3. The van der Waals surface area contributed by atoms with Crippen LogP contribution in [0, 0.1) is 13.8 Å². The molecule has 2 rings (SSSR count). The number of hydrogen-bond donors (Lipinski definition) is 1. The average molecular weight is 269 g/mol. The van der Waals surface area contributed by atoms with Crippen molar-refractivity contribution in [1.29, 1.82) is 0 Å². The molecule has 0 bridgehead atoms. The lowest BCUT2D eigenvalue weighted by Gasteiger charge is -2.17. The Bertz CT molecular complexity index is 580. The lowest BCUT2D eigenvalue weighted by molar-refractivity contribution is 0.470.